The molecule has 6 nitrogen and oxygen atoms in total. The number of ether oxygens (including phenoxy) is 3. The number of hydrogen-bond acceptors (Lipinski definition) is 5. The Hall–Kier alpha value is -3.02. The van der Waals surface area contributed by atoms with Gasteiger partial charge in [0.2, 0.25) is 0 Å². The van der Waals surface area contributed by atoms with Crippen LogP contribution in [0.5, 0.6) is 11.5 Å². The summed E-state index contributed by atoms with van der Waals surface area (Å²) in [6.07, 6.45) is 0.0576. The van der Waals surface area contributed by atoms with Crippen LogP contribution in [0.1, 0.15) is 29.8 Å². The molecule has 26 heavy (non-hydrogen) atoms. The van der Waals surface area contributed by atoms with Crippen LogP contribution in [-0.2, 0) is 16.1 Å². The Kier molecular flexibility index (Phi) is 7.02. The van der Waals surface area contributed by atoms with Crippen molar-refractivity contribution in [3.8, 4) is 11.5 Å². The first kappa shape index (κ1) is 19.3. The van der Waals surface area contributed by atoms with E-state index in [1.807, 2.05) is 38.1 Å². The molecule has 2 rings (SSSR count). The van der Waals surface area contributed by atoms with Crippen molar-refractivity contribution in [3.05, 3.63) is 59.7 Å². The first-order valence-electron chi connectivity index (χ1n) is 8.31. The lowest BCUT2D eigenvalue weighted by Gasteiger charge is -2.10. The van der Waals surface area contributed by atoms with Crippen LogP contribution in [0.25, 0.3) is 0 Å². The van der Waals surface area contributed by atoms with Gasteiger partial charge in [-0.3, -0.25) is 4.79 Å². The van der Waals surface area contributed by atoms with Crippen molar-refractivity contribution >= 4 is 11.9 Å². The lowest BCUT2D eigenvalue weighted by molar-refractivity contribution is -0.124. The minimum atomic E-state index is -0.555. The largest absolute Gasteiger partial charge is 0.497 e. The quantitative estimate of drug-likeness (QED) is 0.735. The maximum Gasteiger partial charge on any atom is 0.338 e. The highest BCUT2D eigenvalue weighted by atomic mass is 16.5. The van der Waals surface area contributed by atoms with Crippen molar-refractivity contribution in [2.45, 2.75) is 26.5 Å². The van der Waals surface area contributed by atoms with Gasteiger partial charge < -0.3 is 19.5 Å². The van der Waals surface area contributed by atoms with E-state index in [2.05, 4.69) is 5.32 Å². The van der Waals surface area contributed by atoms with Crippen molar-refractivity contribution < 1.29 is 23.8 Å². The SMILES string of the molecule is COc1ccc(CNC(=O)COC(=O)c2ccc(OC(C)C)cc2)cc1. The molecule has 0 saturated carbocycles. The van der Waals surface area contributed by atoms with Gasteiger partial charge in [-0.2, -0.15) is 0 Å². The minimum absolute atomic E-state index is 0.0576. The predicted octanol–water partition coefficient (Wildman–Crippen LogP) is 2.96. The topological polar surface area (TPSA) is 73.9 Å². The highest BCUT2D eigenvalue weighted by molar-refractivity contribution is 5.91. The van der Waals surface area contributed by atoms with Crippen LogP contribution in [-0.4, -0.2) is 31.7 Å². The first-order valence-corrected chi connectivity index (χ1v) is 8.31. The van der Waals surface area contributed by atoms with Crippen LogP contribution >= 0.6 is 0 Å². The van der Waals surface area contributed by atoms with E-state index in [0.29, 0.717) is 17.9 Å². The molecule has 0 bridgehead atoms. The monoisotopic (exact) mass is 357 g/mol. The van der Waals surface area contributed by atoms with Gasteiger partial charge in [-0.25, -0.2) is 4.79 Å². The third-order valence-corrected chi connectivity index (χ3v) is 3.44. The number of carbonyl (C=O) groups is 2. The van der Waals surface area contributed by atoms with Crippen LogP contribution in [0.15, 0.2) is 48.5 Å². The molecular weight excluding hydrogens is 334 g/mol. The standard InChI is InChI=1S/C20H23NO5/c1-14(2)26-18-10-6-16(7-11-18)20(23)25-13-19(22)21-12-15-4-8-17(24-3)9-5-15/h4-11,14H,12-13H2,1-3H3,(H,21,22). The van der Waals surface area contributed by atoms with Gasteiger partial charge in [0.05, 0.1) is 18.8 Å². The van der Waals surface area contributed by atoms with E-state index in [1.54, 1.807) is 31.4 Å². The molecule has 1 amide bonds. The zero-order valence-electron chi connectivity index (χ0n) is 15.2. The summed E-state index contributed by atoms with van der Waals surface area (Å²) in [5.74, 6) is 0.502. The number of rotatable bonds is 8. The molecule has 0 atom stereocenters. The molecule has 0 aromatic heterocycles. The molecule has 6 heteroatoms. The summed E-state index contributed by atoms with van der Waals surface area (Å²) in [6, 6.07) is 13.9. The summed E-state index contributed by atoms with van der Waals surface area (Å²) < 4.78 is 15.6. The van der Waals surface area contributed by atoms with Gasteiger partial charge in [0.1, 0.15) is 11.5 Å². The second-order valence-corrected chi connectivity index (χ2v) is 5.89. The molecule has 0 fully saturated rings. The highest BCUT2D eigenvalue weighted by Gasteiger charge is 2.10. The highest BCUT2D eigenvalue weighted by Crippen LogP contribution is 2.14. The van der Waals surface area contributed by atoms with Gasteiger partial charge in [-0.05, 0) is 55.8 Å². The second-order valence-electron chi connectivity index (χ2n) is 5.89. The maximum absolute atomic E-state index is 12.0. The number of hydrogen-bond donors (Lipinski definition) is 1. The van der Waals surface area contributed by atoms with Crippen LogP contribution < -0.4 is 14.8 Å². The third kappa shape index (κ3) is 6.12. The van der Waals surface area contributed by atoms with Crippen LogP contribution in [0, 0.1) is 0 Å². The smallest absolute Gasteiger partial charge is 0.338 e. The number of amides is 1. The van der Waals surface area contributed by atoms with Gasteiger partial charge in [-0.15, -0.1) is 0 Å². The minimum Gasteiger partial charge on any atom is -0.497 e. The summed E-state index contributed by atoms with van der Waals surface area (Å²) in [5, 5.41) is 2.70. The molecule has 0 saturated heterocycles. The summed E-state index contributed by atoms with van der Waals surface area (Å²) in [5.41, 5.74) is 1.29. The van der Waals surface area contributed by atoms with E-state index < -0.39 is 5.97 Å². The van der Waals surface area contributed by atoms with Gasteiger partial charge in [0.25, 0.3) is 5.91 Å². The fraction of sp³-hybridized carbons (Fsp3) is 0.300. The Morgan fingerprint density at radius 3 is 2.15 bits per heavy atom. The summed E-state index contributed by atoms with van der Waals surface area (Å²) in [4.78, 5) is 23.8. The van der Waals surface area contributed by atoms with Crippen LogP contribution in [0.4, 0.5) is 0 Å². The number of nitrogens with one attached hydrogen (secondary N) is 1. The predicted molar refractivity (Wildman–Crippen MR) is 97.3 cm³/mol. The normalized spacial score (nSPS) is 10.3. The third-order valence-electron chi connectivity index (χ3n) is 3.44. The molecule has 2 aromatic rings. The summed E-state index contributed by atoms with van der Waals surface area (Å²) in [6.45, 7) is 3.86. The summed E-state index contributed by atoms with van der Waals surface area (Å²) >= 11 is 0. The Morgan fingerprint density at radius 1 is 0.962 bits per heavy atom. The van der Waals surface area contributed by atoms with Crippen LogP contribution in [0.3, 0.4) is 0 Å². The molecular formula is C20H23NO5. The molecule has 138 valence electrons. The number of benzene rings is 2. The molecule has 0 radical (unpaired) electrons. The van der Waals surface area contributed by atoms with Crippen molar-refractivity contribution in [1.29, 1.82) is 0 Å². The van der Waals surface area contributed by atoms with Crippen molar-refractivity contribution in [2.24, 2.45) is 0 Å². The van der Waals surface area contributed by atoms with Gasteiger partial charge in [-0.1, -0.05) is 12.1 Å². The number of methoxy groups -OCH3 is 1. The lowest BCUT2D eigenvalue weighted by Crippen LogP contribution is -2.28. The van der Waals surface area contributed by atoms with Gasteiger partial charge in [0.15, 0.2) is 6.61 Å². The van der Waals surface area contributed by atoms with E-state index in [4.69, 9.17) is 14.2 Å². The zero-order chi connectivity index (χ0) is 18.9. The molecule has 2 aromatic carbocycles. The van der Waals surface area contributed by atoms with Gasteiger partial charge >= 0.3 is 5.97 Å². The average molecular weight is 357 g/mol. The van der Waals surface area contributed by atoms with Crippen molar-refractivity contribution in [2.75, 3.05) is 13.7 Å². The molecule has 0 unspecified atom stereocenters. The van der Waals surface area contributed by atoms with E-state index in [0.717, 1.165) is 11.3 Å². The first-order chi connectivity index (χ1) is 12.5. The maximum atomic E-state index is 12.0. The van der Waals surface area contributed by atoms with E-state index in [9.17, 15) is 9.59 Å². The Bertz CT molecular complexity index is 723. The molecule has 0 aliphatic heterocycles. The fourth-order valence-corrected chi connectivity index (χ4v) is 2.15. The molecule has 0 heterocycles. The molecule has 1 N–H and O–H groups in total. The lowest BCUT2D eigenvalue weighted by atomic mass is 10.2. The fourth-order valence-electron chi connectivity index (χ4n) is 2.15. The summed E-state index contributed by atoms with van der Waals surface area (Å²) in [7, 11) is 1.59. The van der Waals surface area contributed by atoms with Crippen molar-refractivity contribution in [1.82, 2.24) is 5.32 Å². The number of carbonyl (C=O) groups excluding carboxylic acids is 2. The van der Waals surface area contributed by atoms with E-state index >= 15 is 0 Å². The Balaban J connectivity index is 1.76. The van der Waals surface area contributed by atoms with Crippen LogP contribution in [0.2, 0.25) is 0 Å². The van der Waals surface area contributed by atoms with Crippen molar-refractivity contribution in [3.63, 3.8) is 0 Å². The Labute approximate surface area is 153 Å². The molecule has 0 spiro atoms. The molecule has 0 aliphatic rings. The zero-order valence-corrected chi connectivity index (χ0v) is 15.2. The number of esters is 1. The van der Waals surface area contributed by atoms with E-state index in [-0.39, 0.29) is 18.6 Å². The van der Waals surface area contributed by atoms with E-state index in [1.165, 1.54) is 0 Å². The molecule has 0 aliphatic carbocycles. The average Bonchev–Trinajstić information content (AvgIpc) is 2.65. The second kappa shape index (κ2) is 9.46. The van der Waals surface area contributed by atoms with Gasteiger partial charge in [0, 0.05) is 6.54 Å². The Morgan fingerprint density at radius 2 is 1.58 bits per heavy atom.